The summed E-state index contributed by atoms with van der Waals surface area (Å²) in [5.74, 6) is -1.49. The second-order valence-corrected chi connectivity index (χ2v) is 14.6. The maximum absolute atomic E-state index is 12.1. The number of aliphatic hydroxyl groups excluding tert-OH is 1. The number of aliphatic hydroxyl groups is 1. The molecule has 0 saturated carbocycles. The van der Waals surface area contributed by atoms with Crippen molar-refractivity contribution in [3.05, 3.63) is 73.6 Å². The molecule has 1 aliphatic heterocycles. The van der Waals surface area contributed by atoms with Crippen LogP contribution in [0, 0.1) is 26.1 Å². The SMILES string of the molecule is CC(C)C(OCc1cn([C@H]2CC(O)=C(COP(=O)(O)OP(=O)(O)OP(=O)(O)O)O2)c2ncnc(N)c12)c1c([N+](=O)[O-])cccc1[N+](=O)[O-]. The van der Waals surface area contributed by atoms with Gasteiger partial charge in [0, 0.05) is 23.9 Å². The van der Waals surface area contributed by atoms with Gasteiger partial charge in [0.25, 0.3) is 11.4 Å². The largest absolute Gasteiger partial charge is 0.508 e. The molecule has 0 bridgehead atoms. The van der Waals surface area contributed by atoms with Crippen LogP contribution in [-0.4, -0.2) is 55.7 Å². The minimum Gasteiger partial charge on any atom is -0.508 e. The van der Waals surface area contributed by atoms with Crippen molar-refractivity contribution in [2.24, 2.45) is 5.92 Å². The Labute approximate surface area is 268 Å². The van der Waals surface area contributed by atoms with Crippen LogP contribution in [0.25, 0.3) is 11.0 Å². The molecule has 4 atom stereocenters. The Bertz CT molecular complexity index is 1890. The lowest BCUT2D eigenvalue weighted by molar-refractivity contribution is -0.397. The number of nitrogens with zero attached hydrogens (tertiary/aromatic N) is 5. The Morgan fingerprint density at radius 3 is 2.23 bits per heavy atom. The second-order valence-electron chi connectivity index (χ2n) is 10.2. The minimum absolute atomic E-state index is 0.0295. The summed E-state index contributed by atoms with van der Waals surface area (Å²) >= 11 is 0. The first-order chi connectivity index (χ1) is 22.2. The third-order valence-corrected chi connectivity index (χ3v) is 10.3. The van der Waals surface area contributed by atoms with Gasteiger partial charge in [-0.05, 0) is 12.0 Å². The molecule has 0 amide bonds. The number of ether oxygens (including phenoxy) is 2. The van der Waals surface area contributed by atoms with Crippen LogP contribution in [0.5, 0.6) is 0 Å². The summed E-state index contributed by atoms with van der Waals surface area (Å²) in [6, 6.07) is 3.43. The van der Waals surface area contributed by atoms with Crippen molar-refractivity contribution >= 4 is 51.7 Å². The molecule has 0 radical (unpaired) electrons. The maximum atomic E-state index is 12.1. The van der Waals surface area contributed by atoms with Crippen LogP contribution in [0.3, 0.4) is 0 Å². The third-order valence-electron chi connectivity index (χ3n) is 6.53. The quantitative estimate of drug-likeness (QED) is 0.0733. The Morgan fingerprint density at radius 2 is 1.67 bits per heavy atom. The van der Waals surface area contributed by atoms with Crippen molar-refractivity contribution in [2.45, 2.75) is 39.2 Å². The standard InChI is InChI=1S/C22H27N6O17P3/c1-11(2)20(19-13(27(30)31)4-3-5-14(19)28(32)33)41-8-12-7-26(22-18(12)21(23)24-10-25-22)17-6-15(29)16(43-17)9-42-47(37,38)45-48(39,40)44-46(34,35)36/h3-5,7,10-11,17,20,29H,6,8-9H2,1-2H3,(H,37,38)(H,39,40)(H2,23,24,25)(H2,34,35,36)/t17-,20?/m1/s1. The van der Waals surface area contributed by atoms with Crippen LogP contribution in [0.1, 0.15) is 43.7 Å². The van der Waals surface area contributed by atoms with Gasteiger partial charge >= 0.3 is 23.5 Å². The van der Waals surface area contributed by atoms with Crippen LogP contribution in [0.2, 0.25) is 0 Å². The number of aromatic nitrogens is 3. The summed E-state index contributed by atoms with van der Waals surface area (Å²) in [4.78, 5) is 66.6. The lowest BCUT2D eigenvalue weighted by Crippen LogP contribution is -2.15. The molecule has 3 heterocycles. The second kappa shape index (κ2) is 13.9. The molecule has 26 heteroatoms. The Hall–Kier alpha value is -3.85. The van der Waals surface area contributed by atoms with E-state index in [9.17, 15) is 48.8 Å². The third kappa shape index (κ3) is 8.59. The first kappa shape index (κ1) is 37.0. The van der Waals surface area contributed by atoms with Gasteiger partial charge in [0.05, 0.1) is 34.4 Å². The highest BCUT2D eigenvalue weighted by atomic mass is 31.3. The number of nitrogens with two attached hydrogens (primary N) is 1. The zero-order valence-corrected chi connectivity index (χ0v) is 27.2. The van der Waals surface area contributed by atoms with E-state index in [1.165, 1.54) is 16.8 Å². The lowest BCUT2D eigenvalue weighted by Gasteiger charge is -2.21. The van der Waals surface area contributed by atoms with Crippen molar-refractivity contribution in [3.8, 4) is 0 Å². The molecular weight excluding hydrogens is 713 g/mol. The summed E-state index contributed by atoms with van der Waals surface area (Å²) in [5, 5.41) is 34.3. The fourth-order valence-electron chi connectivity index (χ4n) is 4.72. The van der Waals surface area contributed by atoms with Crippen LogP contribution < -0.4 is 5.73 Å². The van der Waals surface area contributed by atoms with Gasteiger partial charge in [-0.25, -0.2) is 23.7 Å². The molecule has 0 saturated heterocycles. The van der Waals surface area contributed by atoms with Gasteiger partial charge in [0.15, 0.2) is 12.0 Å². The zero-order chi connectivity index (χ0) is 35.8. The number of nitrogen functional groups attached to an aromatic ring is 1. The molecule has 2 aromatic heterocycles. The first-order valence-corrected chi connectivity index (χ1v) is 17.7. The van der Waals surface area contributed by atoms with E-state index in [1.54, 1.807) is 13.8 Å². The predicted molar refractivity (Wildman–Crippen MR) is 158 cm³/mol. The van der Waals surface area contributed by atoms with E-state index in [4.69, 9.17) is 25.0 Å². The molecule has 0 aliphatic carbocycles. The topological polar surface area (TPSA) is 342 Å². The molecule has 23 nitrogen and oxygen atoms in total. The summed E-state index contributed by atoms with van der Waals surface area (Å²) in [7, 11) is -16.9. The Morgan fingerprint density at radius 1 is 1.04 bits per heavy atom. The maximum Gasteiger partial charge on any atom is 0.490 e. The van der Waals surface area contributed by atoms with Gasteiger partial charge < -0.3 is 39.9 Å². The van der Waals surface area contributed by atoms with Crippen molar-refractivity contribution < 1.29 is 70.8 Å². The average molecular weight is 740 g/mol. The van der Waals surface area contributed by atoms with E-state index >= 15 is 0 Å². The summed E-state index contributed by atoms with van der Waals surface area (Å²) in [6.45, 7) is 1.94. The van der Waals surface area contributed by atoms with Crippen LogP contribution in [0.4, 0.5) is 17.2 Å². The molecular formula is C22H27N6O17P3. The summed E-state index contributed by atoms with van der Waals surface area (Å²) < 4.78 is 59.4. The van der Waals surface area contributed by atoms with E-state index in [2.05, 4.69) is 23.1 Å². The normalized spacial score (nSPS) is 18.4. The summed E-state index contributed by atoms with van der Waals surface area (Å²) in [5.41, 5.74) is 5.29. The van der Waals surface area contributed by atoms with Gasteiger partial charge in [-0.3, -0.25) is 29.3 Å². The monoisotopic (exact) mass is 740 g/mol. The first-order valence-electron chi connectivity index (χ1n) is 13.2. The van der Waals surface area contributed by atoms with Crippen LogP contribution in [-0.2, 0) is 42.9 Å². The van der Waals surface area contributed by atoms with E-state index in [-0.39, 0.29) is 35.4 Å². The highest BCUT2D eigenvalue weighted by Gasteiger charge is 2.42. The predicted octanol–water partition coefficient (Wildman–Crippen LogP) is 3.78. The van der Waals surface area contributed by atoms with Crippen molar-refractivity contribution in [1.82, 2.24) is 14.5 Å². The number of nitro benzene ring substituents is 2. The number of phosphoric ester groups is 1. The molecule has 1 aromatic carbocycles. The van der Waals surface area contributed by atoms with Crippen molar-refractivity contribution in [3.63, 3.8) is 0 Å². The Balaban J connectivity index is 1.57. The molecule has 3 aromatic rings. The number of anilines is 1. The molecule has 1 aliphatic rings. The molecule has 48 heavy (non-hydrogen) atoms. The van der Waals surface area contributed by atoms with Gasteiger partial charge in [-0.2, -0.15) is 8.62 Å². The molecule has 0 fully saturated rings. The van der Waals surface area contributed by atoms with Crippen molar-refractivity contribution in [2.75, 3.05) is 12.3 Å². The molecule has 3 unspecified atom stereocenters. The van der Waals surface area contributed by atoms with E-state index in [0.29, 0.717) is 5.56 Å². The Kier molecular flexibility index (Phi) is 10.7. The lowest BCUT2D eigenvalue weighted by atomic mass is 9.95. The van der Waals surface area contributed by atoms with Gasteiger partial charge in [-0.1, -0.05) is 13.8 Å². The average Bonchev–Trinajstić information content (AvgIpc) is 3.50. The fourth-order valence-corrected chi connectivity index (χ4v) is 7.70. The van der Waals surface area contributed by atoms with Gasteiger partial charge in [-0.15, -0.1) is 0 Å². The number of benzene rings is 1. The van der Waals surface area contributed by atoms with Gasteiger partial charge in [0.1, 0.15) is 35.7 Å². The smallest absolute Gasteiger partial charge is 0.490 e. The van der Waals surface area contributed by atoms with E-state index < -0.39 is 81.1 Å². The number of hydrogen-bond donors (Lipinski definition) is 6. The zero-order valence-electron chi connectivity index (χ0n) is 24.5. The number of hydrogen-bond acceptors (Lipinski definition) is 16. The van der Waals surface area contributed by atoms with Crippen LogP contribution in [0.15, 0.2) is 42.2 Å². The summed E-state index contributed by atoms with van der Waals surface area (Å²) in [6.07, 6.45) is -0.00625. The molecule has 262 valence electrons. The highest BCUT2D eigenvalue weighted by molar-refractivity contribution is 7.66. The van der Waals surface area contributed by atoms with E-state index in [1.807, 2.05) is 0 Å². The number of nitro groups is 2. The van der Waals surface area contributed by atoms with E-state index in [0.717, 1.165) is 18.5 Å². The fraction of sp³-hybridized carbons (Fsp3) is 0.364. The molecule has 0 spiro atoms. The number of rotatable bonds is 15. The minimum atomic E-state index is -5.79. The van der Waals surface area contributed by atoms with Gasteiger partial charge in [0.2, 0.25) is 0 Å². The number of phosphoric acid groups is 3. The van der Waals surface area contributed by atoms with Crippen molar-refractivity contribution in [1.29, 1.82) is 0 Å². The number of fused-ring (bicyclic) bond motifs is 1. The molecule has 4 rings (SSSR count). The molecule has 7 N–H and O–H groups in total. The van der Waals surface area contributed by atoms with Crippen LogP contribution >= 0.6 is 23.5 Å². The highest BCUT2D eigenvalue weighted by Crippen LogP contribution is 2.66.